The number of halogens is 1. The SMILES string of the molecule is CN1CCC(Oc2ccc(Br)cc2C(=N)N)CC1. The summed E-state index contributed by atoms with van der Waals surface area (Å²) in [7, 11) is 2.12. The first-order valence-electron chi connectivity index (χ1n) is 6.05. The van der Waals surface area contributed by atoms with Gasteiger partial charge in [-0.05, 0) is 38.1 Å². The highest BCUT2D eigenvalue weighted by Gasteiger charge is 2.19. The number of piperidine rings is 1. The quantitative estimate of drug-likeness (QED) is 0.664. The molecular formula is C13H18BrN3O. The van der Waals surface area contributed by atoms with Crippen LogP contribution in [-0.4, -0.2) is 37.0 Å². The molecule has 0 amide bonds. The van der Waals surface area contributed by atoms with Crippen molar-refractivity contribution in [1.29, 1.82) is 5.41 Å². The van der Waals surface area contributed by atoms with Crippen LogP contribution in [0.4, 0.5) is 0 Å². The van der Waals surface area contributed by atoms with Gasteiger partial charge in [0.1, 0.15) is 17.7 Å². The molecule has 1 aromatic carbocycles. The molecule has 1 aliphatic rings. The van der Waals surface area contributed by atoms with Crippen LogP contribution >= 0.6 is 15.9 Å². The number of ether oxygens (including phenoxy) is 1. The van der Waals surface area contributed by atoms with Crippen LogP contribution in [0.5, 0.6) is 5.75 Å². The summed E-state index contributed by atoms with van der Waals surface area (Å²) < 4.78 is 6.89. The number of amidine groups is 1. The van der Waals surface area contributed by atoms with Crippen LogP contribution in [-0.2, 0) is 0 Å². The number of hydrogen-bond acceptors (Lipinski definition) is 3. The third-order valence-corrected chi connectivity index (χ3v) is 3.68. The molecule has 0 spiro atoms. The number of rotatable bonds is 3. The number of nitrogens with two attached hydrogens (primary N) is 1. The molecule has 5 heteroatoms. The molecule has 0 aliphatic carbocycles. The van der Waals surface area contributed by atoms with Crippen LogP contribution in [0, 0.1) is 5.41 Å². The van der Waals surface area contributed by atoms with Crippen molar-refractivity contribution in [3.8, 4) is 5.75 Å². The van der Waals surface area contributed by atoms with Gasteiger partial charge in [-0.15, -0.1) is 0 Å². The lowest BCUT2D eigenvalue weighted by molar-refractivity contribution is 0.114. The fraction of sp³-hybridized carbons (Fsp3) is 0.462. The van der Waals surface area contributed by atoms with Crippen molar-refractivity contribution in [2.75, 3.05) is 20.1 Å². The molecule has 0 radical (unpaired) electrons. The van der Waals surface area contributed by atoms with Crippen molar-refractivity contribution in [2.45, 2.75) is 18.9 Å². The number of benzene rings is 1. The normalized spacial score (nSPS) is 17.7. The summed E-state index contributed by atoms with van der Waals surface area (Å²) in [6.45, 7) is 2.10. The Kier molecular flexibility index (Phi) is 4.24. The van der Waals surface area contributed by atoms with Gasteiger partial charge in [0.05, 0.1) is 5.56 Å². The van der Waals surface area contributed by atoms with Crippen molar-refractivity contribution in [2.24, 2.45) is 5.73 Å². The summed E-state index contributed by atoms with van der Waals surface area (Å²) in [5, 5.41) is 7.59. The van der Waals surface area contributed by atoms with E-state index >= 15 is 0 Å². The summed E-state index contributed by atoms with van der Waals surface area (Å²) in [5.74, 6) is 0.750. The minimum absolute atomic E-state index is 0.0410. The first-order valence-corrected chi connectivity index (χ1v) is 6.84. The van der Waals surface area contributed by atoms with Gasteiger partial charge in [-0.3, -0.25) is 5.41 Å². The van der Waals surface area contributed by atoms with Crippen molar-refractivity contribution in [1.82, 2.24) is 4.90 Å². The van der Waals surface area contributed by atoms with Crippen molar-refractivity contribution >= 4 is 21.8 Å². The molecule has 3 N–H and O–H groups in total. The minimum Gasteiger partial charge on any atom is -0.490 e. The Hall–Kier alpha value is -1.07. The van der Waals surface area contributed by atoms with Gasteiger partial charge < -0.3 is 15.4 Å². The van der Waals surface area contributed by atoms with Gasteiger partial charge in [0, 0.05) is 17.6 Å². The summed E-state index contributed by atoms with van der Waals surface area (Å²) in [4.78, 5) is 2.30. The van der Waals surface area contributed by atoms with E-state index in [1.165, 1.54) is 0 Å². The number of likely N-dealkylation sites (tertiary alicyclic amines) is 1. The summed E-state index contributed by atoms with van der Waals surface area (Å²) in [6.07, 6.45) is 2.26. The third-order valence-electron chi connectivity index (χ3n) is 3.19. The molecule has 0 unspecified atom stereocenters. The molecular weight excluding hydrogens is 294 g/mol. The number of nitrogens with zero attached hydrogens (tertiary/aromatic N) is 1. The zero-order valence-electron chi connectivity index (χ0n) is 10.4. The zero-order chi connectivity index (χ0) is 13.1. The fourth-order valence-corrected chi connectivity index (χ4v) is 2.46. The predicted octanol–water partition coefficient (Wildman–Crippen LogP) is 2.21. The Morgan fingerprint density at radius 3 is 2.72 bits per heavy atom. The Morgan fingerprint density at radius 1 is 1.44 bits per heavy atom. The third kappa shape index (κ3) is 3.23. The van der Waals surface area contributed by atoms with E-state index in [4.69, 9.17) is 15.9 Å². The van der Waals surface area contributed by atoms with Crippen molar-refractivity contribution in [3.05, 3.63) is 28.2 Å². The first-order chi connectivity index (χ1) is 8.56. The average molecular weight is 312 g/mol. The average Bonchev–Trinajstić information content (AvgIpc) is 2.34. The molecule has 1 aliphatic heterocycles. The van der Waals surface area contributed by atoms with E-state index in [1.54, 1.807) is 0 Å². The topological polar surface area (TPSA) is 62.3 Å². The Balaban J connectivity index is 2.11. The maximum atomic E-state index is 7.59. The highest BCUT2D eigenvalue weighted by molar-refractivity contribution is 9.10. The second-order valence-electron chi connectivity index (χ2n) is 4.67. The standard InChI is InChI=1S/C13H18BrN3O/c1-17-6-4-10(5-7-17)18-12-3-2-9(14)8-11(12)13(15)16/h2-3,8,10H,4-7H2,1H3,(H3,15,16). The zero-order valence-corrected chi connectivity index (χ0v) is 12.0. The van der Waals surface area contributed by atoms with E-state index < -0.39 is 0 Å². The molecule has 0 bridgehead atoms. The number of hydrogen-bond donors (Lipinski definition) is 2. The molecule has 1 fully saturated rings. The van der Waals surface area contributed by atoms with E-state index in [1.807, 2.05) is 18.2 Å². The molecule has 18 heavy (non-hydrogen) atoms. The summed E-state index contributed by atoms with van der Waals surface area (Å²) in [5.41, 5.74) is 6.24. The Morgan fingerprint density at radius 2 is 2.11 bits per heavy atom. The largest absolute Gasteiger partial charge is 0.490 e. The molecule has 2 rings (SSSR count). The first kappa shape index (κ1) is 13.4. The van der Waals surface area contributed by atoms with Crippen LogP contribution in [0.3, 0.4) is 0 Å². The van der Waals surface area contributed by atoms with Crippen LogP contribution in [0.1, 0.15) is 18.4 Å². The monoisotopic (exact) mass is 311 g/mol. The van der Waals surface area contributed by atoms with E-state index in [9.17, 15) is 0 Å². The van der Waals surface area contributed by atoms with Crippen molar-refractivity contribution < 1.29 is 4.74 Å². The fourth-order valence-electron chi connectivity index (χ4n) is 2.10. The lowest BCUT2D eigenvalue weighted by Crippen LogP contribution is -2.36. The maximum absolute atomic E-state index is 7.59. The maximum Gasteiger partial charge on any atom is 0.130 e. The van der Waals surface area contributed by atoms with Crippen LogP contribution in [0.25, 0.3) is 0 Å². The van der Waals surface area contributed by atoms with E-state index in [0.717, 1.165) is 30.4 Å². The van der Waals surface area contributed by atoms with Crippen LogP contribution < -0.4 is 10.5 Å². The molecule has 4 nitrogen and oxygen atoms in total. The van der Waals surface area contributed by atoms with Crippen LogP contribution in [0.15, 0.2) is 22.7 Å². The van der Waals surface area contributed by atoms with Gasteiger partial charge in [0.15, 0.2) is 0 Å². The van der Waals surface area contributed by atoms with Gasteiger partial charge in [-0.25, -0.2) is 0 Å². The highest BCUT2D eigenvalue weighted by atomic mass is 79.9. The van der Waals surface area contributed by atoms with Crippen molar-refractivity contribution in [3.63, 3.8) is 0 Å². The molecule has 0 atom stereocenters. The summed E-state index contributed by atoms with van der Waals surface area (Å²) >= 11 is 3.38. The molecule has 1 saturated heterocycles. The second-order valence-corrected chi connectivity index (χ2v) is 5.59. The molecule has 1 aromatic rings. The second kappa shape index (κ2) is 5.71. The molecule has 98 valence electrons. The predicted molar refractivity (Wildman–Crippen MR) is 76.3 cm³/mol. The Labute approximate surface area is 116 Å². The van der Waals surface area contributed by atoms with E-state index in [0.29, 0.717) is 11.3 Å². The van der Waals surface area contributed by atoms with Gasteiger partial charge in [-0.1, -0.05) is 15.9 Å². The molecule has 1 heterocycles. The Bertz CT molecular complexity index is 442. The van der Waals surface area contributed by atoms with Gasteiger partial charge in [-0.2, -0.15) is 0 Å². The van der Waals surface area contributed by atoms with Gasteiger partial charge in [0.25, 0.3) is 0 Å². The van der Waals surface area contributed by atoms with Gasteiger partial charge in [0.2, 0.25) is 0 Å². The van der Waals surface area contributed by atoms with Crippen LogP contribution in [0.2, 0.25) is 0 Å². The lowest BCUT2D eigenvalue weighted by Gasteiger charge is -2.29. The summed E-state index contributed by atoms with van der Waals surface area (Å²) in [6, 6.07) is 5.61. The number of nitrogen functional groups attached to an aromatic ring is 1. The minimum atomic E-state index is 0.0410. The highest BCUT2D eigenvalue weighted by Crippen LogP contribution is 2.25. The molecule has 0 saturated carbocycles. The smallest absolute Gasteiger partial charge is 0.130 e. The molecule has 0 aromatic heterocycles. The van der Waals surface area contributed by atoms with E-state index in [-0.39, 0.29) is 11.9 Å². The van der Waals surface area contributed by atoms with Gasteiger partial charge >= 0.3 is 0 Å². The number of nitrogens with one attached hydrogen (secondary N) is 1. The lowest BCUT2D eigenvalue weighted by atomic mass is 10.1. The van der Waals surface area contributed by atoms with E-state index in [2.05, 4.69) is 27.9 Å².